The molecule has 0 aromatic rings. The van der Waals surface area contributed by atoms with E-state index in [-0.39, 0.29) is 25.7 Å². The second-order valence-corrected chi connectivity index (χ2v) is 32.7. The van der Waals surface area contributed by atoms with Crippen molar-refractivity contribution in [1.82, 2.24) is 0 Å². The van der Waals surface area contributed by atoms with E-state index in [0.717, 1.165) is 102 Å². The van der Waals surface area contributed by atoms with Gasteiger partial charge in [0, 0.05) is 25.7 Å². The highest BCUT2D eigenvalue weighted by Gasteiger charge is 2.30. The summed E-state index contributed by atoms with van der Waals surface area (Å²) in [6, 6.07) is 0. The van der Waals surface area contributed by atoms with Crippen LogP contribution in [0.15, 0.2) is 0 Å². The summed E-state index contributed by atoms with van der Waals surface area (Å²) < 4.78 is 68.7. The molecule has 0 radical (unpaired) electrons. The first kappa shape index (κ1) is 97.1. The van der Waals surface area contributed by atoms with E-state index in [1.54, 1.807) is 0 Å². The predicted octanol–water partition coefficient (Wildman–Crippen LogP) is 23.9. The minimum atomic E-state index is -4.96. The molecule has 0 heterocycles. The Balaban J connectivity index is 5.26. The Hall–Kier alpha value is -1.94. The monoisotopic (exact) mass is 1450 g/mol. The fourth-order valence-electron chi connectivity index (χ4n) is 12.4. The third-order valence-electron chi connectivity index (χ3n) is 18.7. The smallest absolute Gasteiger partial charge is 0.462 e. The van der Waals surface area contributed by atoms with Crippen LogP contribution in [0, 0.1) is 11.8 Å². The van der Waals surface area contributed by atoms with Gasteiger partial charge in [-0.05, 0) is 37.5 Å². The highest BCUT2D eigenvalue weighted by Crippen LogP contribution is 2.45. The van der Waals surface area contributed by atoms with Crippen molar-refractivity contribution in [3.63, 3.8) is 0 Å². The minimum absolute atomic E-state index is 0.108. The van der Waals surface area contributed by atoms with E-state index in [1.165, 1.54) is 238 Å². The quantitative estimate of drug-likeness (QED) is 0.0222. The Kier molecular flexibility index (Phi) is 70.3. The molecule has 588 valence electrons. The summed E-state index contributed by atoms with van der Waals surface area (Å²) in [6.07, 6.45) is 60.8. The molecule has 0 fully saturated rings. The summed E-state index contributed by atoms with van der Waals surface area (Å²) in [6.45, 7) is 9.68. The number of carbonyl (C=O) groups is 4. The summed E-state index contributed by atoms with van der Waals surface area (Å²) in [7, 11) is -9.92. The lowest BCUT2D eigenvalue weighted by molar-refractivity contribution is -0.161. The number of unbranched alkanes of at least 4 members (excludes halogenated alkanes) is 49. The van der Waals surface area contributed by atoms with Gasteiger partial charge in [-0.3, -0.25) is 37.3 Å². The number of aliphatic hydroxyl groups is 1. The average Bonchev–Trinajstić information content (AvgIpc) is 1.10. The molecule has 0 bridgehead atoms. The molecule has 19 heteroatoms. The fraction of sp³-hybridized carbons (Fsp3) is 0.950. The van der Waals surface area contributed by atoms with Crippen molar-refractivity contribution < 1.29 is 80.2 Å². The van der Waals surface area contributed by atoms with E-state index >= 15 is 0 Å². The van der Waals surface area contributed by atoms with Crippen molar-refractivity contribution in [2.24, 2.45) is 11.8 Å². The van der Waals surface area contributed by atoms with E-state index in [1.807, 2.05) is 0 Å². The number of hydrogen-bond acceptors (Lipinski definition) is 15. The van der Waals surface area contributed by atoms with Gasteiger partial charge in [-0.15, -0.1) is 0 Å². The van der Waals surface area contributed by atoms with Crippen LogP contribution in [-0.4, -0.2) is 96.7 Å². The Morgan fingerprint density at radius 3 is 0.687 bits per heavy atom. The van der Waals surface area contributed by atoms with Crippen molar-refractivity contribution in [3.8, 4) is 0 Å². The molecule has 99 heavy (non-hydrogen) atoms. The topological polar surface area (TPSA) is 237 Å². The molecule has 0 saturated carbocycles. The maximum absolute atomic E-state index is 13.1. The molecule has 0 spiro atoms. The van der Waals surface area contributed by atoms with Crippen molar-refractivity contribution in [3.05, 3.63) is 0 Å². The summed E-state index contributed by atoms with van der Waals surface area (Å²) in [4.78, 5) is 73.0. The molecule has 2 unspecified atom stereocenters. The zero-order chi connectivity index (χ0) is 72.8. The summed E-state index contributed by atoms with van der Waals surface area (Å²) >= 11 is 0. The lowest BCUT2D eigenvalue weighted by Gasteiger charge is -2.21. The first-order chi connectivity index (χ1) is 47.9. The third kappa shape index (κ3) is 74.1. The second kappa shape index (κ2) is 71.7. The van der Waals surface area contributed by atoms with Crippen LogP contribution < -0.4 is 0 Å². The molecule has 5 atom stereocenters. The molecular formula is C80H156O17P2. The van der Waals surface area contributed by atoms with Gasteiger partial charge in [-0.25, -0.2) is 9.13 Å². The highest BCUT2D eigenvalue weighted by atomic mass is 31.2. The van der Waals surface area contributed by atoms with Crippen molar-refractivity contribution in [1.29, 1.82) is 0 Å². The van der Waals surface area contributed by atoms with Gasteiger partial charge in [0.2, 0.25) is 0 Å². The summed E-state index contributed by atoms with van der Waals surface area (Å²) in [5, 5.41) is 10.6. The molecule has 0 aliphatic rings. The van der Waals surface area contributed by atoms with Crippen molar-refractivity contribution >= 4 is 39.5 Å². The Bertz CT molecular complexity index is 1910. The number of carbonyl (C=O) groups excluding carboxylic acids is 4. The van der Waals surface area contributed by atoms with E-state index in [0.29, 0.717) is 25.7 Å². The first-order valence-electron chi connectivity index (χ1n) is 41.5. The van der Waals surface area contributed by atoms with Crippen LogP contribution in [0.2, 0.25) is 0 Å². The van der Waals surface area contributed by atoms with Gasteiger partial charge in [0.05, 0.1) is 26.4 Å². The maximum atomic E-state index is 13.1. The average molecular weight is 1450 g/mol. The van der Waals surface area contributed by atoms with Gasteiger partial charge in [-0.2, -0.15) is 0 Å². The second-order valence-electron chi connectivity index (χ2n) is 29.8. The van der Waals surface area contributed by atoms with E-state index in [9.17, 15) is 43.2 Å². The number of aliphatic hydroxyl groups excluding tert-OH is 1. The molecule has 0 aliphatic heterocycles. The SMILES string of the molecule is CCCCCCCCCCCCCCCC(=O)OC[C@H](COP(=O)(O)OC[C@H](O)COP(=O)(O)OC[C@@H](COC(=O)CCCCCCCCCCCCCCC(C)C)OC(=O)CCCCCCCCCCCCCCCCCC(C)C)OC(=O)CCCCCCCCCCCCCCC. The van der Waals surface area contributed by atoms with E-state index < -0.39 is 97.5 Å². The molecule has 0 aromatic carbocycles. The molecule has 0 amide bonds. The van der Waals surface area contributed by atoms with Gasteiger partial charge < -0.3 is 33.8 Å². The molecule has 3 N–H and O–H groups in total. The van der Waals surface area contributed by atoms with Crippen LogP contribution in [0.4, 0.5) is 0 Å². The van der Waals surface area contributed by atoms with Gasteiger partial charge in [-0.1, -0.05) is 369 Å². The number of esters is 4. The third-order valence-corrected chi connectivity index (χ3v) is 20.6. The maximum Gasteiger partial charge on any atom is 0.472 e. The van der Waals surface area contributed by atoms with Crippen LogP contribution >= 0.6 is 15.6 Å². The van der Waals surface area contributed by atoms with Crippen molar-refractivity contribution in [2.75, 3.05) is 39.6 Å². The predicted molar refractivity (Wildman–Crippen MR) is 405 cm³/mol. The number of rotatable bonds is 79. The molecule has 17 nitrogen and oxygen atoms in total. The van der Waals surface area contributed by atoms with Crippen LogP contribution in [0.1, 0.15) is 420 Å². The normalized spacial score (nSPS) is 13.9. The van der Waals surface area contributed by atoms with Crippen LogP contribution in [0.5, 0.6) is 0 Å². The van der Waals surface area contributed by atoms with Gasteiger partial charge in [0.25, 0.3) is 0 Å². The van der Waals surface area contributed by atoms with E-state index in [4.69, 9.17) is 37.0 Å². The number of phosphoric acid groups is 2. The van der Waals surface area contributed by atoms with Crippen LogP contribution in [0.25, 0.3) is 0 Å². The largest absolute Gasteiger partial charge is 0.472 e. The Morgan fingerprint density at radius 1 is 0.273 bits per heavy atom. The molecule has 0 aliphatic carbocycles. The van der Waals surface area contributed by atoms with Crippen molar-refractivity contribution in [2.45, 2.75) is 439 Å². The lowest BCUT2D eigenvalue weighted by Crippen LogP contribution is -2.30. The van der Waals surface area contributed by atoms with Gasteiger partial charge >= 0.3 is 39.5 Å². The first-order valence-corrected chi connectivity index (χ1v) is 44.5. The zero-order valence-corrected chi connectivity index (χ0v) is 66.6. The zero-order valence-electron chi connectivity index (χ0n) is 64.8. The molecule has 0 aromatic heterocycles. The Morgan fingerprint density at radius 2 is 0.465 bits per heavy atom. The molecule has 0 rings (SSSR count). The summed E-state index contributed by atoms with van der Waals surface area (Å²) in [5.74, 6) is -0.522. The lowest BCUT2D eigenvalue weighted by atomic mass is 10.0. The molecular weight excluding hydrogens is 1290 g/mol. The van der Waals surface area contributed by atoms with Crippen LogP contribution in [-0.2, 0) is 65.4 Å². The van der Waals surface area contributed by atoms with Gasteiger partial charge in [0.1, 0.15) is 19.3 Å². The fourth-order valence-corrected chi connectivity index (χ4v) is 13.9. The number of ether oxygens (including phenoxy) is 4. The Labute approximate surface area is 607 Å². The van der Waals surface area contributed by atoms with E-state index in [2.05, 4.69) is 41.5 Å². The number of hydrogen-bond donors (Lipinski definition) is 3. The van der Waals surface area contributed by atoms with Crippen LogP contribution in [0.3, 0.4) is 0 Å². The standard InChI is InChI=1S/C80H156O17P2/c1-7-9-11-13-15-17-19-24-32-38-44-50-56-62-77(82)90-68-75(96-79(84)64-58-52-46-40-34-25-20-18-16-14-12-10-8-2)70-94-98(86,87)92-66-74(81)67-93-99(88,89)95-71-76(69-91-78(83)63-57-51-45-39-33-29-28-31-37-43-49-55-61-73(5)6)97-80(85)65-59-53-47-41-35-27-23-21-22-26-30-36-42-48-54-60-72(3)4/h72-76,81H,7-71H2,1-6H3,(H,86,87)(H,88,89)/t74-,75+,76+/m0/s1. The van der Waals surface area contributed by atoms with Gasteiger partial charge in [0.15, 0.2) is 12.2 Å². The number of phosphoric ester groups is 2. The minimum Gasteiger partial charge on any atom is -0.462 e. The summed E-state index contributed by atoms with van der Waals surface area (Å²) in [5.41, 5.74) is 0. The molecule has 0 saturated heterocycles. The highest BCUT2D eigenvalue weighted by molar-refractivity contribution is 7.47.